The van der Waals surface area contributed by atoms with Crippen LogP contribution < -0.4 is 16.0 Å². The molecule has 0 unspecified atom stereocenters. The fourth-order valence-corrected chi connectivity index (χ4v) is 3.06. The van der Waals surface area contributed by atoms with Crippen molar-refractivity contribution in [2.45, 2.75) is 38.6 Å². The molecule has 1 aliphatic rings. The first-order valence-electron chi connectivity index (χ1n) is 9.28. The highest BCUT2D eigenvalue weighted by Crippen LogP contribution is 2.23. The Kier molecular flexibility index (Phi) is 7.53. The average molecular weight is 407 g/mol. The average Bonchev–Trinajstić information content (AvgIpc) is 3.02. The molecule has 2 amide bonds. The number of piperidine rings is 1. The Bertz CT molecular complexity index is 812. The minimum atomic E-state index is -0.279. The minimum absolute atomic E-state index is 0. The van der Waals surface area contributed by atoms with Crippen LogP contribution >= 0.6 is 12.4 Å². The van der Waals surface area contributed by atoms with Gasteiger partial charge < -0.3 is 10.6 Å². The van der Waals surface area contributed by atoms with Gasteiger partial charge in [-0.05, 0) is 64.0 Å². The first-order valence-corrected chi connectivity index (χ1v) is 9.28. The second-order valence-corrected chi connectivity index (χ2v) is 7.10. The van der Waals surface area contributed by atoms with Crippen LogP contribution in [0.15, 0.2) is 24.3 Å². The van der Waals surface area contributed by atoms with Gasteiger partial charge in [0.2, 0.25) is 5.95 Å². The lowest BCUT2D eigenvalue weighted by Crippen LogP contribution is -2.30. The van der Waals surface area contributed by atoms with E-state index in [1.165, 1.54) is 0 Å². The third-order valence-electron chi connectivity index (χ3n) is 4.54. The van der Waals surface area contributed by atoms with E-state index in [1.54, 1.807) is 36.0 Å². The smallest absolute Gasteiger partial charge is 0.258 e. The molecule has 3 N–H and O–H groups in total. The summed E-state index contributed by atoms with van der Waals surface area (Å²) in [6.07, 6.45) is 1.99. The Balaban J connectivity index is 0.00000280. The van der Waals surface area contributed by atoms with Gasteiger partial charge in [0.25, 0.3) is 11.8 Å². The molecule has 2 heterocycles. The zero-order chi connectivity index (χ0) is 19.4. The number of hydrogen-bond acceptors (Lipinski definition) is 5. The molecule has 9 heteroatoms. The summed E-state index contributed by atoms with van der Waals surface area (Å²) in [5.74, 6) is 1.09. The lowest BCUT2D eigenvalue weighted by Gasteiger charge is -2.19. The number of anilines is 1. The molecule has 1 saturated heterocycles. The number of aromatic nitrogens is 3. The summed E-state index contributed by atoms with van der Waals surface area (Å²) < 4.78 is 1.60. The quantitative estimate of drug-likeness (QED) is 0.705. The molecule has 1 aromatic heterocycles. The topological polar surface area (TPSA) is 101 Å². The van der Waals surface area contributed by atoms with E-state index >= 15 is 0 Å². The van der Waals surface area contributed by atoms with Crippen molar-refractivity contribution in [1.29, 1.82) is 0 Å². The van der Waals surface area contributed by atoms with Crippen LogP contribution in [0.4, 0.5) is 5.95 Å². The number of halogens is 1. The number of benzene rings is 1. The third-order valence-corrected chi connectivity index (χ3v) is 4.54. The van der Waals surface area contributed by atoms with Gasteiger partial charge in [0.1, 0.15) is 0 Å². The summed E-state index contributed by atoms with van der Waals surface area (Å²) in [6.45, 7) is 5.72. The molecule has 0 radical (unpaired) electrons. The predicted molar refractivity (Wildman–Crippen MR) is 110 cm³/mol. The van der Waals surface area contributed by atoms with Gasteiger partial charge in [0, 0.05) is 30.1 Å². The van der Waals surface area contributed by atoms with Crippen molar-refractivity contribution in [2.75, 3.05) is 18.4 Å². The number of amides is 2. The van der Waals surface area contributed by atoms with Crippen molar-refractivity contribution in [2.24, 2.45) is 7.05 Å². The Hall–Kier alpha value is -2.45. The van der Waals surface area contributed by atoms with Crippen LogP contribution in [-0.2, 0) is 7.05 Å². The summed E-state index contributed by atoms with van der Waals surface area (Å²) in [5.41, 5.74) is 0.981. The SMILES string of the molecule is CC(C)NC(=O)c1ccc(C(=O)Nc2nc(C3CCNCC3)nn2C)cc1.Cl. The van der Waals surface area contributed by atoms with Gasteiger partial charge >= 0.3 is 0 Å². The van der Waals surface area contributed by atoms with Gasteiger partial charge in [-0.1, -0.05) is 0 Å². The predicted octanol–water partition coefficient (Wildman–Crippen LogP) is 2.09. The van der Waals surface area contributed by atoms with E-state index in [-0.39, 0.29) is 30.3 Å². The second-order valence-electron chi connectivity index (χ2n) is 7.10. The number of nitrogens with one attached hydrogen (secondary N) is 3. The van der Waals surface area contributed by atoms with Crippen molar-refractivity contribution in [3.05, 3.63) is 41.2 Å². The number of rotatable bonds is 5. The molecule has 8 nitrogen and oxygen atoms in total. The molecule has 28 heavy (non-hydrogen) atoms. The fourth-order valence-electron chi connectivity index (χ4n) is 3.06. The lowest BCUT2D eigenvalue weighted by atomic mass is 9.98. The van der Waals surface area contributed by atoms with Gasteiger partial charge in [-0.2, -0.15) is 10.1 Å². The van der Waals surface area contributed by atoms with Crippen LogP contribution in [0.2, 0.25) is 0 Å². The number of nitrogens with zero attached hydrogens (tertiary/aromatic N) is 3. The second kappa shape index (κ2) is 9.66. The maximum absolute atomic E-state index is 12.5. The van der Waals surface area contributed by atoms with Gasteiger partial charge in [-0.25, -0.2) is 4.68 Å². The monoisotopic (exact) mass is 406 g/mol. The molecule has 152 valence electrons. The van der Waals surface area contributed by atoms with Crippen LogP contribution in [0.25, 0.3) is 0 Å². The van der Waals surface area contributed by atoms with E-state index in [0.29, 0.717) is 23.0 Å². The van der Waals surface area contributed by atoms with Gasteiger partial charge in [0.05, 0.1) is 0 Å². The Morgan fingerprint density at radius 3 is 2.25 bits per heavy atom. The molecule has 0 atom stereocenters. The highest BCUT2D eigenvalue weighted by atomic mass is 35.5. The third kappa shape index (κ3) is 5.30. The molecule has 0 aliphatic carbocycles. The molecule has 1 aromatic carbocycles. The van der Waals surface area contributed by atoms with E-state index in [1.807, 2.05) is 13.8 Å². The van der Waals surface area contributed by atoms with Crippen LogP contribution in [0.3, 0.4) is 0 Å². The Morgan fingerprint density at radius 2 is 1.68 bits per heavy atom. The summed E-state index contributed by atoms with van der Waals surface area (Å²) in [6, 6.07) is 6.61. The van der Waals surface area contributed by atoms with Crippen molar-refractivity contribution in [1.82, 2.24) is 25.4 Å². The number of hydrogen-bond donors (Lipinski definition) is 3. The van der Waals surface area contributed by atoms with E-state index < -0.39 is 0 Å². The Morgan fingerprint density at radius 1 is 1.11 bits per heavy atom. The van der Waals surface area contributed by atoms with Crippen molar-refractivity contribution < 1.29 is 9.59 Å². The van der Waals surface area contributed by atoms with E-state index in [2.05, 4.69) is 26.0 Å². The minimum Gasteiger partial charge on any atom is -0.350 e. The maximum atomic E-state index is 12.5. The van der Waals surface area contributed by atoms with E-state index in [4.69, 9.17) is 0 Å². The molecule has 0 bridgehead atoms. The first-order chi connectivity index (χ1) is 12.9. The molecular weight excluding hydrogens is 380 g/mol. The maximum Gasteiger partial charge on any atom is 0.258 e. The van der Waals surface area contributed by atoms with Gasteiger partial charge in [0.15, 0.2) is 5.82 Å². The molecule has 0 saturated carbocycles. The summed E-state index contributed by atoms with van der Waals surface area (Å²) in [7, 11) is 1.77. The normalized spacial score (nSPS) is 14.4. The molecule has 1 aliphatic heterocycles. The standard InChI is InChI=1S/C19H26N6O2.ClH/c1-12(2)21-17(26)14-4-6-15(7-5-14)18(27)23-19-22-16(24-25(19)3)13-8-10-20-11-9-13;/h4-7,12-13,20H,8-11H2,1-3H3,(H,21,26)(H,22,23,24,27);1H. The summed E-state index contributed by atoms with van der Waals surface area (Å²) >= 11 is 0. The van der Waals surface area contributed by atoms with Crippen molar-refractivity contribution in [3.63, 3.8) is 0 Å². The van der Waals surface area contributed by atoms with Crippen molar-refractivity contribution >= 4 is 30.2 Å². The summed E-state index contributed by atoms with van der Waals surface area (Å²) in [5, 5.41) is 13.4. The zero-order valence-corrected chi connectivity index (χ0v) is 17.2. The molecule has 3 rings (SSSR count). The molecule has 1 fully saturated rings. The van der Waals surface area contributed by atoms with Crippen LogP contribution in [0.5, 0.6) is 0 Å². The summed E-state index contributed by atoms with van der Waals surface area (Å²) in [4.78, 5) is 29.0. The van der Waals surface area contributed by atoms with Gasteiger partial charge in [-0.15, -0.1) is 12.4 Å². The van der Waals surface area contributed by atoms with E-state index in [0.717, 1.165) is 31.8 Å². The first kappa shape index (κ1) is 21.8. The molecular formula is C19H27ClN6O2. The highest BCUT2D eigenvalue weighted by Gasteiger charge is 2.21. The highest BCUT2D eigenvalue weighted by molar-refractivity contribution is 6.04. The molecule has 2 aromatic rings. The Labute approximate surface area is 170 Å². The number of carbonyl (C=O) groups excluding carboxylic acids is 2. The van der Waals surface area contributed by atoms with Crippen molar-refractivity contribution in [3.8, 4) is 0 Å². The lowest BCUT2D eigenvalue weighted by molar-refractivity contribution is 0.0941. The van der Waals surface area contributed by atoms with Crippen LogP contribution in [0.1, 0.15) is 59.1 Å². The molecule has 0 spiro atoms. The zero-order valence-electron chi connectivity index (χ0n) is 16.4. The largest absolute Gasteiger partial charge is 0.350 e. The number of aryl methyl sites for hydroxylation is 1. The van der Waals surface area contributed by atoms with E-state index in [9.17, 15) is 9.59 Å². The number of carbonyl (C=O) groups is 2. The van der Waals surface area contributed by atoms with Crippen LogP contribution in [-0.4, -0.2) is 45.7 Å². The van der Waals surface area contributed by atoms with Crippen LogP contribution in [0, 0.1) is 0 Å². The van der Waals surface area contributed by atoms with Gasteiger partial charge in [-0.3, -0.25) is 14.9 Å². The fraction of sp³-hybridized carbons (Fsp3) is 0.474.